The lowest BCUT2D eigenvalue weighted by atomic mass is 10.0. The Labute approximate surface area is 144 Å². The van der Waals surface area contributed by atoms with Crippen LogP contribution in [-0.2, 0) is 4.74 Å². The Kier molecular flexibility index (Phi) is 5.51. The molecule has 0 bridgehead atoms. The third-order valence-electron chi connectivity index (χ3n) is 4.33. The molecule has 1 heterocycles. The predicted molar refractivity (Wildman–Crippen MR) is 96.3 cm³/mol. The molecule has 3 unspecified atom stereocenters. The molecule has 1 fully saturated rings. The summed E-state index contributed by atoms with van der Waals surface area (Å²) < 4.78 is 11.8. The summed E-state index contributed by atoms with van der Waals surface area (Å²) in [6.45, 7) is 6.61. The second kappa shape index (κ2) is 7.79. The van der Waals surface area contributed by atoms with Gasteiger partial charge < -0.3 is 15.2 Å². The zero-order valence-corrected chi connectivity index (χ0v) is 14.4. The van der Waals surface area contributed by atoms with Gasteiger partial charge in [-0.05, 0) is 43.7 Å². The quantitative estimate of drug-likeness (QED) is 0.912. The highest BCUT2D eigenvalue weighted by Gasteiger charge is 2.28. The first-order chi connectivity index (χ1) is 11.7. The van der Waals surface area contributed by atoms with E-state index in [-0.39, 0.29) is 18.2 Å². The molecular formula is C20H26N2O2. The fourth-order valence-corrected chi connectivity index (χ4v) is 3.38. The predicted octanol–water partition coefficient (Wildman–Crippen LogP) is 3.59. The minimum atomic E-state index is 0.179. The van der Waals surface area contributed by atoms with E-state index in [1.807, 2.05) is 42.5 Å². The van der Waals surface area contributed by atoms with Crippen molar-refractivity contribution in [3.8, 4) is 11.5 Å². The van der Waals surface area contributed by atoms with Crippen LogP contribution in [0.4, 0.5) is 0 Å². The molecule has 2 N–H and O–H groups in total. The molecule has 128 valence electrons. The minimum Gasteiger partial charge on any atom is -0.457 e. The molecule has 4 nitrogen and oxygen atoms in total. The molecule has 3 atom stereocenters. The largest absolute Gasteiger partial charge is 0.457 e. The molecule has 4 heteroatoms. The zero-order chi connectivity index (χ0) is 16.9. The zero-order valence-electron chi connectivity index (χ0n) is 14.4. The van der Waals surface area contributed by atoms with Gasteiger partial charge in [0, 0.05) is 25.7 Å². The summed E-state index contributed by atoms with van der Waals surface area (Å²) in [6, 6.07) is 18.2. The number of para-hydroxylation sites is 1. The number of nitrogens with zero attached hydrogens (tertiary/aromatic N) is 1. The molecule has 0 spiro atoms. The monoisotopic (exact) mass is 326 g/mol. The average Bonchev–Trinajstić information content (AvgIpc) is 2.56. The first-order valence-corrected chi connectivity index (χ1v) is 8.58. The SMILES string of the molecule is CC1CN(C(CN)c2cccc(Oc3ccccc3)c2)CC(C)O1. The van der Waals surface area contributed by atoms with E-state index in [0.717, 1.165) is 24.6 Å². The maximum atomic E-state index is 6.11. The minimum absolute atomic E-state index is 0.179. The van der Waals surface area contributed by atoms with Crippen LogP contribution in [0.1, 0.15) is 25.5 Å². The van der Waals surface area contributed by atoms with Crippen LogP contribution in [0.25, 0.3) is 0 Å². The molecule has 0 aromatic heterocycles. The first kappa shape index (κ1) is 17.0. The highest BCUT2D eigenvalue weighted by molar-refractivity contribution is 5.35. The van der Waals surface area contributed by atoms with Crippen molar-refractivity contribution >= 4 is 0 Å². The number of hydrogen-bond donors (Lipinski definition) is 1. The number of benzene rings is 2. The van der Waals surface area contributed by atoms with E-state index in [9.17, 15) is 0 Å². The Hall–Kier alpha value is -1.88. The molecule has 1 aliphatic heterocycles. The Balaban J connectivity index is 1.78. The summed E-state index contributed by atoms with van der Waals surface area (Å²) >= 11 is 0. The fraction of sp³-hybridized carbons (Fsp3) is 0.400. The van der Waals surface area contributed by atoms with Crippen molar-refractivity contribution in [3.63, 3.8) is 0 Å². The number of nitrogens with two attached hydrogens (primary N) is 1. The summed E-state index contributed by atoms with van der Waals surface area (Å²) in [5, 5.41) is 0. The molecule has 1 saturated heterocycles. The van der Waals surface area contributed by atoms with Crippen molar-refractivity contribution in [2.45, 2.75) is 32.1 Å². The van der Waals surface area contributed by atoms with Crippen LogP contribution < -0.4 is 10.5 Å². The van der Waals surface area contributed by atoms with Crippen molar-refractivity contribution < 1.29 is 9.47 Å². The molecule has 1 aliphatic rings. The number of rotatable bonds is 5. The summed E-state index contributed by atoms with van der Waals surface area (Å²) in [6.07, 6.45) is 0.457. The van der Waals surface area contributed by atoms with Crippen LogP contribution in [-0.4, -0.2) is 36.7 Å². The van der Waals surface area contributed by atoms with Crippen molar-refractivity contribution in [3.05, 3.63) is 60.2 Å². The van der Waals surface area contributed by atoms with E-state index in [0.29, 0.717) is 6.54 Å². The van der Waals surface area contributed by atoms with Crippen molar-refractivity contribution in [2.24, 2.45) is 5.73 Å². The number of morpholine rings is 1. The van der Waals surface area contributed by atoms with Gasteiger partial charge in [-0.3, -0.25) is 4.90 Å². The standard InChI is InChI=1S/C20H26N2O2/c1-15-13-22(14-16(2)23-15)20(12-21)17-7-6-10-19(11-17)24-18-8-4-3-5-9-18/h3-11,15-16,20H,12-14,21H2,1-2H3. The lowest BCUT2D eigenvalue weighted by molar-refractivity contribution is -0.0799. The van der Waals surface area contributed by atoms with Crippen LogP contribution in [0, 0.1) is 0 Å². The lowest BCUT2D eigenvalue weighted by Gasteiger charge is -2.40. The maximum absolute atomic E-state index is 6.11. The van der Waals surface area contributed by atoms with Crippen molar-refractivity contribution in [1.29, 1.82) is 0 Å². The molecule has 2 aromatic carbocycles. The number of ether oxygens (including phenoxy) is 2. The van der Waals surface area contributed by atoms with Gasteiger partial charge in [0.05, 0.1) is 12.2 Å². The maximum Gasteiger partial charge on any atom is 0.127 e. The molecule has 0 saturated carbocycles. The van der Waals surface area contributed by atoms with Crippen LogP contribution in [0.5, 0.6) is 11.5 Å². The molecule has 0 aliphatic carbocycles. The highest BCUT2D eigenvalue weighted by Crippen LogP contribution is 2.28. The summed E-state index contributed by atoms with van der Waals surface area (Å²) in [5.74, 6) is 1.68. The number of hydrogen-bond acceptors (Lipinski definition) is 4. The first-order valence-electron chi connectivity index (χ1n) is 8.58. The lowest BCUT2D eigenvalue weighted by Crippen LogP contribution is -2.48. The van der Waals surface area contributed by atoms with Gasteiger partial charge in [-0.15, -0.1) is 0 Å². The second-order valence-corrected chi connectivity index (χ2v) is 6.45. The van der Waals surface area contributed by atoms with Gasteiger partial charge in [0.1, 0.15) is 11.5 Å². The van der Waals surface area contributed by atoms with Crippen LogP contribution in [0.15, 0.2) is 54.6 Å². The van der Waals surface area contributed by atoms with E-state index >= 15 is 0 Å². The molecule has 2 aromatic rings. The summed E-state index contributed by atoms with van der Waals surface area (Å²) in [7, 11) is 0. The molecule has 3 rings (SSSR count). The van der Waals surface area contributed by atoms with Gasteiger partial charge in [-0.1, -0.05) is 30.3 Å². The Morgan fingerprint density at radius 2 is 1.71 bits per heavy atom. The smallest absolute Gasteiger partial charge is 0.127 e. The normalized spacial score (nSPS) is 23.0. The third kappa shape index (κ3) is 4.15. The summed E-state index contributed by atoms with van der Waals surface area (Å²) in [4.78, 5) is 2.42. The fourth-order valence-electron chi connectivity index (χ4n) is 3.38. The van der Waals surface area contributed by atoms with Gasteiger partial charge in [0.25, 0.3) is 0 Å². The van der Waals surface area contributed by atoms with Gasteiger partial charge in [-0.2, -0.15) is 0 Å². The van der Waals surface area contributed by atoms with Crippen LogP contribution in [0.2, 0.25) is 0 Å². The van der Waals surface area contributed by atoms with Gasteiger partial charge in [0.2, 0.25) is 0 Å². The topological polar surface area (TPSA) is 47.7 Å². The van der Waals surface area contributed by atoms with E-state index in [1.165, 1.54) is 5.56 Å². The second-order valence-electron chi connectivity index (χ2n) is 6.45. The average molecular weight is 326 g/mol. The third-order valence-corrected chi connectivity index (χ3v) is 4.33. The Morgan fingerprint density at radius 1 is 1.04 bits per heavy atom. The molecule has 0 amide bonds. The van der Waals surface area contributed by atoms with E-state index in [2.05, 4.69) is 30.9 Å². The van der Waals surface area contributed by atoms with Crippen LogP contribution in [0.3, 0.4) is 0 Å². The van der Waals surface area contributed by atoms with E-state index in [4.69, 9.17) is 15.2 Å². The van der Waals surface area contributed by atoms with Crippen molar-refractivity contribution in [2.75, 3.05) is 19.6 Å². The summed E-state index contributed by atoms with van der Waals surface area (Å²) in [5.41, 5.74) is 7.29. The molecule has 0 radical (unpaired) electrons. The van der Waals surface area contributed by atoms with Crippen molar-refractivity contribution in [1.82, 2.24) is 4.90 Å². The van der Waals surface area contributed by atoms with E-state index < -0.39 is 0 Å². The van der Waals surface area contributed by atoms with Gasteiger partial charge in [0.15, 0.2) is 0 Å². The van der Waals surface area contributed by atoms with Gasteiger partial charge in [-0.25, -0.2) is 0 Å². The van der Waals surface area contributed by atoms with E-state index in [1.54, 1.807) is 0 Å². The highest BCUT2D eigenvalue weighted by atomic mass is 16.5. The molecule has 24 heavy (non-hydrogen) atoms. The van der Waals surface area contributed by atoms with Crippen LogP contribution >= 0.6 is 0 Å². The Bertz CT molecular complexity index is 637. The molecular weight excluding hydrogens is 300 g/mol. The van der Waals surface area contributed by atoms with Gasteiger partial charge >= 0.3 is 0 Å². The Morgan fingerprint density at radius 3 is 2.38 bits per heavy atom.